The number of carboxylic acid groups (broad SMARTS) is 1. The highest BCUT2D eigenvalue weighted by molar-refractivity contribution is 7.91. The lowest BCUT2D eigenvalue weighted by molar-refractivity contribution is -0.0617. The van der Waals surface area contributed by atoms with Gasteiger partial charge in [0.05, 0.1) is 11.5 Å². The monoisotopic (exact) mass is 302 g/mol. The molecule has 1 unspecified atom stereocenters. The number of amides is 1. The van der Waals surface area contributed by atoms with E-state index in [4.69, 9.17) is 5.11 Å². The number of rotatable bonds is 1. The number of sulfone groups is 1. The molecule has 114 valence electrons. The van der Waals surface area contributed by atoms with Crippen LogP contribution in [0.2, 0.25) is 0 Å². The van der Waals surface area contributed by atoms with Gasteiger partial charge in [-0.05, 0) is 31.1 Å². The van der Waals surface area contributed by atoms with Crippen LogP contribution in [-0.4, -0.2) is 73.1 Å². The van der Waals surface area contributed by atoms with Crippen LogP contribution in [0.4, 0.5) is 4.79 Å². The lowest BCUT2D eigenvalue weighted by Gasteiger charge is -2.57. The van der Waals surface area contributed by atoms with Gasteiger partial charge in [0.25, 0.3) is 0 Å². The van der Waals surface area contributed by atoms with E-state index in [1.54, 1.807) is 0 Å². The second-order valence-corrected chi connectivity index (χ2v) is 8.68. The zero-order valence-electron chi connectivity index (χ0n) is 11.6. The molecule has 3 rings (SSSR count). The number of carbonyl (C=O) groups is 1. The molecule has 1 amide bonds. The number of hydrogen-bond acceptors (Lipinski definition) is 4. The smallest absolute Gasteiger partial charge is 0.407 e. The van der Waals surface area contributed by atoms with Crippen molar-refractivity contribution in [1.29, 1.82) is 0 Å². The topological polar surface area (TPSA) is 77.9 Å². The van der Waals surface area contributed by atoms with Gasteiger partial charge >= 0.3 is 6.09 Å². The van der Waals surface area contributed by atoms with Gasteiger partial charge in [-0.25, -0.2) is 13.2 Å². The lowest BCUT2D eigenvalue weighted by atomic mass is 9.58. The lowest BCUT2D eigenvalue weighted by Crippen LogP contribution is -2.61. The Morgan fingerprint density at radius 1 is 1.05 bits per heavy atom. The average molecular weight is 302 g/mol. The fraction of sp³-hybridized carbons (Fsp3) is 0.923. The first-order chi connectivity index (χ1) is 9.42. The molecule has 0 aromatic heterocycles. The molecule has 1 aliphatic carbocycles. The molecule has 1 N–H and O–H groups in total. The van der Waals surface area contributed by atoms with Crippen molar-refractivity contribution in [3.63, 3.8) is 0 Å². The van der Waals surface area contributed by atoms with Crippen molar-refractivity contribution < 1.29 is 18.3 Å². The molecule has 3 fully saturated rings. The Labute approximate surface area is 119 Å². The van der Waals surface area contributed by atoms with Crippen molar-refractivity contribution in [3.8, 4) is 0 Å². The summed E-state index contributed by atoms with van der Waals surface area (Å²) in [5, 5.41) is 9.02. The van der Waals surface area contributed by atoms with E-state index in [0.717, 1.165) is 25.7 Å². The van der Waals surface area contributed by atoms with Crippen molar-refractivity contribution >= 4 is 15.9 Å². The Balaban J connectivity index is 1.61. The molecule has 0 aromatic carbocycles. The summed E-state index contributed by atoms with van der Waals surface area (Å²) in [4.78, 5) is 14.8. The highest BCUT2D eigenvalue weighted by Crippen LogP contribution is 2.51. The first-order valence-corrected chi connectivity index (χ1v) is 9.16. The molecule has 1 spiro atoms. The third-order valence-electron chi connectivity index (χ3n) is 5.47. The fourth-order valence-electron chi connectivity index (χ4n) is 4.02. The maximum Gasteiger partial charge on any atom is 0.407 e. The van der Waals surface area contributed by atoms with E-state index in [2.05, 4.69) is 4.90 Å². The van der Waals surface area contributed by atoms with Crippen molar-refractivity contribution in [3.05, 3.63) is 0 Å². The van der Waals surface area contributed by atoms with Gasteiger partial charge in [-0.3, -0.25) is 4.90 Å². The minimum atomic E-state index is -2.82. The van der Waals surface area contributed by atoms with E-state index in [0.29, 0.717) is 32.2 Å². The predicted octanol–water partition coefficient (Wildman–Crippen LogP) is 0.639. The summed E-state index contributed by atoms with van der Waals surface area (Å²) in [6.45, 7) is 2.55. The molecule has 2 aliphatic heterocycles. The first kappa shape index (κ1) is 14.1. The van der Waals surface area contributed by atoms with Gasteiger partial charge in [-0.2, -0.15) is 0 Å². The minimum Gasteiger partial charge on any atom is -0.465 e. The fourth-order valence-corrected chi connectivity index (χ4v) is 5.25. The van der Waals surface area contributed by atoms with Crippen LogP contribution in [0.25, 0.3) is 0 Å². The number of piperidine rings is 1. The van der Waals surface area contributed by atoms with E-state index in [1.807, 2.05) is 0 Å². The van der Waals surface area contributed by atoms with Crippen molar-refractivity contribution in [2.24, 2.45) is 5.41 Å². The van der Waals surface area contributed by atoms with Crippen LogP contribution in [-0.2, 0) is 9.84 Å². The van der Waals surface area contributed by atoms with Gasteiger partial charge in [0.15, 0.2) is 9.84 Å². The Bertz CT molecular complexity index is 483. The Hall–Kier alpha value is -0.820. The molecular weight excluding hydrogens is 280 g/mol. The van der Waals surface area contributed by atoms with Crippen LogP contribution >= 0.6 is 0 Å². The second-order valence-electron chi connectivity index (χ2n) is 6.37. The molecular formula is C13H22N2O4S. The van der Waals surface area contributed by atoms with Crippen LogP contribution in [0, 0.1) is 5.41 Å². The largest absolute Gasteiger partial charge is 0.465 e. The summed E-state index contributed by atoms with van der Waals surface area (Å²) in [5.74, 6) is 0.557. The number of likely N-dealkylation sites (tertiary alicyclic amines) is 1. The van der Waals surface area contributed by atoms with Crippen molar-refractivity contribution in [2.75, 3.05) is 37.7 Å². The van der Waals surface area contributed by atoms with Crippen molar-refractivity contribution in [2.45, 2.75) is 31.7 Å². The third-order valence-corrected chi connectivity index (χ3v) is 7.08. The van der Waals surface area contributed by atoms with Gasteiger partial charge in [-0.15, -0.1) is 0 Å². The summed E-state index contributed by atoms with van der Waals surface area (Å²) in [7, 11) is -2.82. The van der Waals surface area contributed by atoms with Gasteiger partial charge < -0.3 is 10.0 Å². The third kappa shape index (κ3) is 2.41. The summed E-state index contributed by atoms with van der Waals surface area (Å²) in [5.41, 5.74) is 0.243. The molecule has 6 nitrogen and oxygen atoms in total. The molecule has 3 aliphatic rings. The molecule has 20 heavy (non-hydrogen) atoms. The molecule has 7 heteroatoms. The van der Waals surface area contributed by atoms with Crippen molar-refractivity contribution in [1.82, 2.24) is 9.80 Å². The SMILES string of the molecule is O=C(O)N1CCC2(CCC2N2CCS(=O)(=O)CC2)CC1. The number of hydrogen-bond donors (Lipinski definition) is 1. The van der Waals surface area contributed by atoms with E-state index in [1.165, 1.54) is 4.90 Å². The maximum absolute atomic E-state index is 11.5. The van der Waals surface area contributed by atoms with Crippen LogP contribution in [0.1, 0.15) is 25.7 Å². The summed E-state index contributed by atoms with van der Waals surface area (Å²) in [6, 6.07) is 0.467. The molecule has 2 heterocycles. The first-order valence-electron chi connectivity index (χ1n) is 7.34. The normalized spacial score (nSPS) is 32.8. The van der Waals surface area contributed by atoms with Gasteiger partial charge in [0, 0.05) is 32.2 Å². The molecule has 1 atom stereocenters. The number of nitrogens with zero attached hydrogens (tertiary/aromatic N) is 2. The summed E-state index contributed by atoms with van der Waals surface area (Å²) >= 11 is 0. The summed E-state index contributed by atoms with van der Waals surface area (Å²) in [6.07, 6.45) is 3.32. The van der Waals surface area contributed by atoms with Gasteiger partial charge in [0.2, 0.25) is 0 Å². The van der Waals surface area contributed by atoms with E-state index < -0.39 is 15.9 Å². The van der Waals surface area contributed by atoms with Crippen LogP contribution < -0.4 is 0 Å². The molecule has 0 radical (unpaired) electrons. The molecule has 2 saturated heterocycles. The summed E-state index contributed by atoms with van der Waals surface area (Å²) < 4.78 is 23.0. The zero-order valence-corrected chi connectivity index (χ0v) is 12.4. The quantitative estimate of drug-likeness (QED) is 0.769. The minimum absolute atomic E-state index is 0.243. The van der Waals surface area contributed by atoms with E-state index in [-0.39, 0.29) is 16.9 Å². The Morgan fingerprint density at radius 2 is 1.65 bits per heavy atom. The maximum atomic E-state index is 11.5. The molecule has 0 bridgehead atoms. The predicted molar refractivity (Wildman–Crippen MR) is 74.5 cm³/mol. The van der Waals surface area contributed by atoms with Crippen LogP contribution in [0.5, 0.6) is 0 Å². The second kappa shape index (κ2) is 4.87. The Morgan fingerprint density at radius 3 is 2.10 bits per heavy atom. The average Bonchev–Trinajstić information content (AvgIpc) is 2.40. The standard InChI is InChI=1S/C13H22N2O4S/c16-12(17)15-5-3-13(4-6-15)2-1-11(13)14-7-9-20(18,19)10-8-14/h11H,1-10H2,(H,16,17). The Kier molecular flexibility index (Phi) is 3.44. The zero-order chi connectivity index (χ0) is 14.4. The molecule has 0 aromatic rings. The van der Waals surface area contributed by atoms with Gasteiger partial charge in [-0.1, -0.05) is 0 Å². The van der Waals surface area contributed by atoms with E-state index in [9.17, 15) is 13.2 Å². The highest BCUT2D eigenvalue weighted by Gasteiger charge is 2.51. The van der Waals surface area contributed by atoms with Crippen LogP contribution in [0.15, 0.2) is 0 Å². The van der Waals surface area contributed by atoms with Crippen LogP contribution in [0.3, 0.4) is 0 Å². The van der Waals surface area contributed by atoms with E-state index >= 15 is 0 Å². The highest BCUT2D eigenvalue weighted by atomic mass is 32.2. The van der Waals surface area contributed by atoms with Gasteiger partial charge in [0.1, 0.15) is 0 Å². The molecule has 1 saturated carbocycles.